The van der Waals surface area contributed by atoms with Crippen molar-refractivity contribution in [2.75, 3.05) is 12.8 Å². The standard InChI is InChI=1S/C15H24N2O3S/c1-11-6-4-3-5-7-13(11)17-21(18,19)15-9-8-12(16)10-14(15)20-2/h8-11,13,17H,3-7,16H2,1-2H3. The summed E-state index contributed by atoms with van der Waals surface area (Å²) >= 11 is 0. The van der Waals surface area contributed by atoms with Crippen LogP contribution in [-0.2, 0) is 10.0 Å². The molecule has 6 heteroatoms. The van der Waals surface area contributed by atoms with Crippen molar-refractivity contribution in [1.29, 1.82) is 0 Å². The first-order valence-corrected chi connectivity index (χ1v) is 8.88. The summed E-state index contributed by atoms with van der Waals surface area (Å²) in [5.41, 5.74) is 6.16. The Morgan fingerprint density at radius 2 is 1.95 bits per heavy atom. The van der Waals surface area contributed by atoms with Crippen LogP contribution in [0.15, 0.2) is 23.1 Å². The van der Waals surface area contributed by atoms with Gasteiger partial charge in [0.15, 0.2) is 0 Å². The molecule has 0 saturated heterocycles. The quantitative estimate of drug-likeness (QED) is 0.661. The van der Waals surface area contributed by atoms with Gasteiger partial charge in [-0.15, -0.1) is 0 Å². The average molecular weight is 312 g/mol. The predicted octanol–water partition coefficient (Wildman–Crippen LogP) is 2.52. The Bertz CT molecular complexity index is 587. The van der Waals surface area contributed by atoms with E-state index in [9.17, 15) is 8.42 Å². The first-order valence-electron chi connectivity index (χ1n) is 7.40. The van der Waals surface area contributed by atoms with Gasteiger partial charge in [0, 0.05) is 17.8 Å². The number of benzene rings is 1. The van der Waals surface area contributed by atoms with Crippen LogP contribution in [0.2, 0.25) is 0 Å². The molecule has 0 aliphatic heterocycles. The number of hydrogen-bond donors (Lipinski definition) is 2. The second kappa shape index (κ2) is 6.66. The van der Waals surface area contributed by atoms with Gasteiger partial charge in [-0.2, -0.15) is 0 Å². The molecular weight excluding hydrogens is 288 g/mol. The third-order valence-corrected chi connectivity index (χ3v) is 5.67. The van der Waals surface area contributed by atoms with Gasteiger partial charge in [-0.1, -0.05) is 26.2 Å². The molecule has 1 aliphatic carbocycles. The Balaban J connectivity index is 2.25. The number of methoxy groups -OCH3 is 1. The van der Waals surface area contributed by atoms with E-state index in [4.69, 9.17) is 10.5 Å². The van der Waals surface area contributed by atoms with Crippen molar-refractivity contribution in [2.24, 2.45) is 5.92 Å². The summed E-state index contributed by atoms with van der Waals surface area (Å²) in [6.07, 6.45) is 5.36. The molecule has 0 aromatic heterocycles. The zero-order valence-corrected chi connectivity index (χ0v) is 13.4. The Labute approximate surface area is 126 Å². The minimum atomic E-state index is -3.60. The monoisotopic (exact) mass is 312 g/mol. The summed E-state index contributed by atoms with van der Waals surface area (Å²) < 4.78 is 33.2. The molecule has 0 amide bonds. The van der Waals surface area contributed by atoms with E-state index in [0.717, 1.165) is 19.3 Å². The Morgan fingerprint density at radius 3 is 2.67 bits per heavy atom. The maximum absolute atomic E-state index is 12.6. The molecule has 1 aromatic rings. The summed E-state index contributed by atoms with van der Waals surface area (Å²) in [6, 6.07) is 4.59. The van der Waals surface area contributed by atoms with E-state index in [1.54, 1.807) is 6.07 Å². The first-order chi connectivity index (χ1) is 9.94. The fourth-order valence-electron chi connectivity index (χ4n) is 2.84. The molecular formula is C15H24N2O3S. The lowest BCUT2D eigenvalue weighted by Crippen LogP contribution is -2.38. The fraction of sp³-hybridized carbons (Fsp3) is 0.600. The highest BCUT2D eigenvalue weighted by molar-refractivity contribution is 7.89. The van der Waals surface area contributed by atoms with Crippen molar-refractivity contribution >= 4 is 15.7 Å². The van der Waals surface area contributed by atoms with E-state index in [2.05, 4.69) is 11.6 Å². The van der Waals surface area contributed by atoms with Crippen LogP contribution in [0.25, 0.3) is 0 Å². The van der Waals surface area contributed by atoms with Gasteiger partial charge >= 0.3 is 0 Å². The predicted molar refractivity (Wildman–Crippen MR) is 83.8 cm³/mol. The van der Waals surface area contributed by atoms with E-state index < -0.39 is 10.0 Å². The van der Waals surface area contributed by atoms with E-state index in [1.807, 2.05) is 0 Å². The largest absolute Gasteiger partial charge is 0.495 e. The highest BCUT2D eigenvalue weighted by Gasteiger charge is 2.27. The molecule has 0 heterocycles. The van der Waals surface area contributed by atoms with Crippen molar-refractivity contribution < 1.29 is 13.2 Å². The highest BCUT2D eigenvalue weighted by atomic mass is 32.2. The molecule has 5 nitrogen and oxygen atoms in total. The van der Waals surface area contributed by atoms with Crippen LogP contribution in [-0.4, -0.2) is 21.6 Å². The van der Waals surface area contributed by atoms with Gasteiger partial charge in [0.05, 0.1) is 7.11 Å². The minimum Gasteiger partial charge on any atom is -0.495 e. The van der Waals surface area contributed by atoms with Crippen molar-refractivity contribution in [3.63, 3.8) is 0 Å². The molecule has 3 N–H and O–H groups in total. The summed E-state index contributed by atoms with van der Waals surface area (Å²) in [7, 11) is -2.15. The van der Waals surface area contributed by atoms with Gasteiger partial charge in [-0.05, 0) is 30.9 Å². The smallest absolute Gasteiger partial charge is 0.244 e. The topological polar surface area (TPSA) is 81.4 Å². The van der Waals surface area contributed by atoms with Crippen molar-refractivity contribution in [3.8, 4) is 5.75 Å². The highest BCUT2D eigenvalue weighted by Crippen LogP contribution is 2.28. The Kier molecular flexibility index (Phi) is 5.11. The molecule has 2 unspecified atom stereocenters. The Hall–Kier alpha value is -1.27. The number of nitrogens with one attached hydrogen (secondary N) is 1. The number of nitrogen functional groups attached to an aromatic ring is 1. The van der Waals surface area contributed by atoms with Gasteiger partial charge in [-0.25, -0.2) is 13.1 Å². The third-order valence-electron chi connectivity index (χ3n) is 4.15. The second-order valence-corrected chi connectivity index (χ2v) is 7.44. The first kappa shape index (κ1) is 16.1. The van der Waals surface area contributed by atoms with Gasteiger partial charge in [0.1, 0.15) is 10.6 Å². The van der Waals surface area contributed by atoms with E-state index in [1.165, 1.54) is 32.1 Å². The minimum absolute atomic E-state index is 0.0141. The summed E-state index contributed by atoms with van der Waals surface area (Å²) in [5, 5.41) is 0. The molecule has 0 bridgehead atoms. The molecule has 0 spiro atoms. The van der Waals surface area contributed by atoms with Crippen LogP contribution in [0.1, 0.15) is 39.0 Å². The number of anilines is 1. The average Bonchev–Trinajstić information content (AvgIpc) is 2.63. The van der Waals surface area contributed by atoms with E-state index in [0.29, 0.717) is 11.6 Å². The van der Waals surface area contributed by atoms with E-state index >= 15 is 0 Å². The molecule has 1 fully saturated rings. The van der Waals surface area contributed by atoms with Crippen LogP contribution < -0.4 is 15.2 Å². The zero-order chi connectivity index (χ0) is 15.5. The van der Waals surface area contributed by atoms with Crippen molar-refractivity contribution in [1.82, 2.24) is 4.72 Å². The Morgan fingerprint density at radius 1 is 1.24 bits per heavy atom. The number of hydrogen-bond acceptors (Lipinski definition) is 4. The molecule has 1 saturated carbocycles. The number of ether oxygens (including phenoxy) is 1. The zero-order valence-electron chi connectivity index (χ0n) is 12.6. The third kappa shape index (κ3) is 3.89. The van der Waals surface area contributed by atoms with Crippen LogP contribution in [0.3, 0.4) is 0 Å². The van der Waals surface area contributed by atoms with Gasteiger partial charge in [0.25, 0.3) is 0 Å². The number of sulfonamides is 1. The molecule has 1 aromatic carbocycles. The van der Waals surface area contributed by atoms with Gasteiger partial charge in [0.2, 0.25) is 10.0 Å². The molecule has 0 radical (unpaired) electrons. The molecule has 1 aliphatic rings. The number of rotatable bonds is 4. The molecule has 118 valence electrons. The lowest BCUT2D eigenvalue weighted by molar-refractivity contribution is 0.391. The number of nitrogens with two attached hydrogens (primary N) is 1. The lowest BCUT2D eigenvalue weighted by Gasteiger charge is -2.23. The summed E-state index contributed by atoms with van der Waals surface area (Å²) in [4.78, 5) is 0.149. The van der Waals surface area contributed by atoms with Crippen LogP contribution in [0, 0.1) is 5.92 Å². The summed E-state index contributed by atoms with van der Waals surface area (Å²) in [5.74, 6) is 0.630. The maximum Gasteiger partial charge on any atom is 0.244 e. The normalized spacial score (nSPS) is 23.5. The van der Waals surface area contributed by atoms with Crippen molar-refractivity contribution in [2.45, 2.75) is 50.0 Å². The van der Waals surface area contributed by atoms with Crippen LogP contribution >= 0.6 is 0 Å². The van der Waals surface area contributed by atoms with Crippen molar-refractivity contribution in [3.05, 3.63) is 18.2 Å². The summed E-state index contributed by atoms with van der Waals surface area (Å²) in [6.45, 7) is 2.11. The van der Waals surface area contributed by atoms with Gasteiger partial charge < -0.3 is 10.5 Å². The second-order valence-electron chi connectivity index (χ2n) is 5.75. The molecule has 21 heavy (non-hydrogen) atoms. The molecule has 2 atom stereocenters. The maximum atomic E-state index is 12.6. The molecule has 2 rings (SSSR count). The van der Waals surface area contributed by atoms with Gasteiger partial charge in [-0.3, -0.25) is 0 Å². The SMILES string of the molecule is COc1cc(N)ccc1S(=O)(=O)NC1CCCCCC1C. The fourth-order valence-corrected chi connectivity index (χ4v) is 4.37. The van der Waals surface area contributed by atoms with Crippen LogP contribution in [0.5, 0.6) is 5.75 Å². The lowest BCUT2D eigenvalue weighted by atomic mass is 9.98. The van der Waals surface area contributed by atoms with Crippen LogP contribution in [0.4, 0.5) is 5.69 Å². The van der Waals surface area contributed by atoms with E-state index in [-0.39, 0.29) is 16.7 Å².